The van der Waals surface area contributed by atoms with Gasteiger partial charge in [0, 0.05) is 19.1 Å². The van der Waals surface area contributed by atoms with Crippen LogP contribution in [0.15, 0.2) is 24.3 Å². The van der Waals surface area contributed by atoms with Gasteiger partial charge in [0.2, 0.25) is 0 Å². The number of benzene rings is 1. The van der Waals surface area contributed by atoms with E-state index in [1.807, 2.05) is 0 Å². The van der Waals surface area contributed by atoms with Crippen molar-refractivity contribution >= 4 is 12.4 Å². The maximum absolute atomic E-state index is 3.48. The molecule has 21 heavy (non-hydrogen) atoms. The van der Waals surface area contributed by atoms with Crippen molar-refractivity contribution in [2.24, 2.45) is 5.92 Å². The Labute approximate surface area is 135 Å². The fourth-order valence-corrected chi connectivity index (χ4v) is 3.29. The summed E-state index contributed by atoms with van der Waals surface area (Å²) in [5, 5.41) is 3.48. The largest absolute Gasteiger partial charge is 0.317 e. The number of piperidine rings is 1. The number of hydrogen-bond donors (Lipinski definition) is 1. The molecule has 1 aliphatic heterocycles. The lowest BCUT2D eigenvalue weighted by molar-refractivity contribution is 0.190. The second-order valence-corrected chi connectivity index (χ2v) is 6.52. The summed E-state index contributed by atoms with van der Waals surface area (Å²) in [6.07, 6.45) is 6.69. The zero-order chi connectivity index (χ0) is 13.8. The molecule has 1 N–H and O–H groups in total. The predicted octanol–water partition coefficient (Wildman–Crippen LogP) is 3.63. The third-order valence-electron chi connectivity index (χ3n) is 4.83. The minimum Gasteiger partial charge on any atom is -0.317 e. The highest BCUT2D eigenvalue weighted by Gasteiger charge is 2.30. The number of aryl methyl sites for hydroxylation is 1. The molecule has 2 fully saturated rings. The summed E-state index contributed by atoms with van der Waals surface area (Å²) < 4.78 is 0. The smallest absolute Gasteiger partial charge is 0.0236 e. The molecule has 1 heterocycles. The van der Waals surface area contributed by atoms with Gasteiger partial charge in [-0.05, 0) is 62.2 Å². The Morgan fingerprint density at radius 1 is 1.00 bits per heavy atom. The number of rotatable bonds is 6. The predicted molar refractivity (Wildman–Crippen MR) is 92.1 cm³/mol. The zero-order valence-electron chi connectivity index (χ0n) is 13.2. The molecule has 2 nitrogen and oxygen atoms in total. The summed E-state index contributed by atoms with van der Waals surface area (Å²) in [5.74, 6) is 0.909. The van der Waals surface area contributed by atoms with E-state index in [1.165, 1.54) is 56.4 Å². The van der Waals surface area contributed by atoms with Gasteiger partial charge in [0.15, 0.2) is 0 Å². The molecule has 0 amide bonds. The third-order valence-corrected chi connectivity index (χ3v) is 4.83. The van der Waals surface area contributed by atoms with Crippen molar-refractivity contribution in [2.45, 2.75) is 51.6 Å². The van der Waals surface area contributed by atoms with Gasteiger partial charge >= 0.3 is 0 Å². The first-order chi connectivity index (χ1) is 9.85. The zero-order valence-corrected chi connectivity index (χ0v) is 14.0. The van der Waals surface area contributed by atoms with Crippen LogP contribution in [0.4, 0.5) is 0 Å². The van der Waals surface area contributed by atoms with Gasteiger partial charge < -0.3 is 5.32 Å². The van der Waals surface area contributed by atoms with Gasteiger partial charge in [0.25, 0.3) is 0 Å². The molecule has 0 unspecified atom stereocenters. The van der Waals surface area contributed by atoms with Gasteiger partial charge in [-0.2, -0.15) is 0 Å². The summed E-state index contributed by atoms with van der Waals surface area (Å²) in [7, 11) is 0. The fraction of sp³-hybridized carbons (Fsp3) is 0.667. The van der Waals surface area contributed by atoms with Crippen molar-refractivity contribution in [3.05, 3.63) is 35.4 Å². The first kappa shape index (κ1) is 16.8. The Bertz CT molecular complexity index is 408. The van der Waals surface area contributed by atoms with Crippen LogP contribution in [0.2, 0.25) is 0 Å². The molecule has 1 saturated carbocycles. The van der Waals surface area contributed by atoms with E-state index in [2.05, 4.69) is 41.4 Å². The SMILES string of the molecule is CCc1ccc(CN(CC2CCNCC2)C2CC2)cc1.Cl. The van der Waals surface area contributed by atoms with E-state index in [-0.39, 0.29) is 12.4 Å². The first-order valence-electron chi connectivity index (χ1n) is 8.37. The normalized spacial score (nSPS) is 19.5. The van der Waals surface area contributed by atoms with E-state index >= 15 is 0 Å². The van der Waals surface area contributed by atoms with Crippen LogP contribution in [0.5, 0.6) is 0 Å². The molecular weight excluding hydrogens is 280 g/mol. The van der Waals surface area contributed by atoms with Gasteiger partial charge in [-0.1, -0.05) is 31.2 Å². The monoisotopic (exact) mass is 308 g/mol. The summed E-state index contributed by atoms with van der Waals surface area (Å²) in [6, 6.07) is 10.1. The van der Waals surface area contributed by atoms with Gasteiger partial charge in [0.1, 0.15) is 0 Å². The number of nitrogens with one attached hydrogen (secondary N) is 1. The Balaban J connectivity index is 0.00000161. The molecule has 3 heteroatoms. The lowest BCUT2D eigenvalue weighted by Crippen LogP contribution is -2.37. The minimum absolute atomic E-state index is 0. The van der Waals surface area contributed by atoms with E-state index in [4.69, 9.17) is 0 Å². The highest BCUT2D eigenvalue weighted by atomic mass is 35.5. The van der Waals surface area contributed by atoms with Crippen LogP contribution in [0.3, 0.4) is 0 Å². The summed E-state index contributed by atoms with van der Waals surface area (Å²) in [4.78, 5) is 2.75. The van der Waals surface area contributed by atoms with E-state index < -0.39 is 0 Å². The van der Waals surface area contributed by atoms with Crippen molar-refractivity contribution < 1.29 is 0 Å². The van der Waals surface area contributed by atoms with Crippen molar-refractivity contribution in [3.8, 4) is 0 Å². The van der Waals surface area contributed by atoms with Crippen LogP contribution in [-0.2, 0) is 13.0 Å². The maximum atomic E-state index is 3.48. The molecule has 0 atom stereocenters. The molecule has 0 spiro atoms. The molecular formula is C18H29ClN2. The van der Waals surface area contributed by atoms with E-state index in [0.29, 0.717) is 0 Å². The van der Waals surface area contributed by atoms with E-state index in [9.17, 15) is 0 Å². The van der Waals surface area contributed by atoms with Crippen LogP contribution in [0.25, 0.3) is 0 Å². The van der Waals surface area contributed by atoms with Crippen molar-refractivity contribution in [1.29, 1.82) is 0 Å². The average molecular weight is 309 g/mol. The van der Waals surface area contributed by atoms with Crippen molar-refractivity contribution in [2.75, 3.05) is 19.6 Å². The van der Waals surface area contributed by atoms with Crippen LogP contribution >= 0.6 is 12.4 Å². The van der Waals surface area contributed by atoms with Gasteiger partial charge in [-0.15, -0.1) is 12.4 Å². The van der Waals surface area contributed by atoms with E-state index in [1.54, 1.807) is 0 Å². The lowest BCUT2D eigenvalue weighted by Gasteiger charge is -2.30. The lowest BCUT2D eigenvalue weighted by atomic mass is 9.97. The molecule has 118 valence electrons. The van der Waals surface area contributed by atoms with Gasteiger partial charge in [-0.25, -0.2) is 0 Å². The Morgan fingerprint density at radius 3 is 2.19 bits per heavy atom. The summed E-state index contributed by atoms with van der Waals surface area (Å²) >= 11 is 0. The maximum Gasteiger partial charge on any atom is 0.0236 e. The van der Waals surface area contributed by atoms with Gasteiger partial charge in [-0.3, -0.25) is 4.90 Å². The van der Waals surface area contributed by atoms with Crippen molar-refractivity contribution in [1.82, 2.24) is 10.2 Å². The third kappa shape index (κ3) is 4.98. The van der Waals surface area contributed by atoms with Crippen LogP contribution < -0.4 is 5.32 Å². The highest BCUT2D eigenvalue weighted by molar-refractivity contribution is 5.85. The molecule has 0 radical (unpaired) electrons. The fourth-order valence-electron chi connectivity index (χ4n) is 3.29. The van der Waals surface area contributed by atoms with E-state index in [0.717, 1.165) is 24.9 Å². The summed E-state index contributed by atoms with van der Waals surface area (Å²) in [6.45, 7) is 7.12. The Morgan fingerprint density at radius 2 is 1.62 bits per heavy atom. The van der Waals surface area contributed by atoms with Crippen LogP contribution in [-0.4, -0.2) is 30.6 Å². The molecule has 0 aromatic heterocycles. The average Bonchev–Trinajstić information content (AvgIpc) is 3.33. The van der Waals surface area contributed by atoms with Crippen LogP contribution in [0.1, 0.15) is 43.7 Å². The molecule has 0 bridgehead atoms. The second-order valence-electron chi connectivity index (χ2n) is 6.52. The minimum atomic E-state index is 0. The topological polar surface area (TPSA) is 15.3 Å². The molecule has 1 aliphatic carbocycles. The standard InChI is InChI=1S/C18H28N2.ClH/c1-2-15-3-5-16(6-4-15)13-20(18-7-8-18)14-17-9-11-19-12-10-17;/h3-6,17-19H,2,7-14H2,1H3;1H. The first-order valence-corrected chi connectivity index (χ1v) is 8.37. The Hall–Kier alpha value is -0.570. The molecule has 1 saturated heterocycles. The van der Waals surface area contributed by atoms with Crippen molar-refractivity contribution in [3.63, 3.8) is 0 Å². The number of halogens is 1. The van der Waals surface area contributed by atoms with Crippen LogP contribution in [0, 0.1) is 5.92 Å². The van der Waals surface area contributed by atoms with Gasteiger partial charge in [0.05, 0.1) is 0 Å². The molecule has 2 aliphatic rings. The molecule has 1 aromatic carbocycles. The Kier molecular flexibility index (Phi) is 6.53. The second kappa shape index (κ2) is 8.17. The highest BCUT2D eigenvalue weighted by Crippen LogP contribution is 2.30. The number of hydrogen-bond acceptors (Lipinski definition) is 2. The quantitative estimate of drug-likeness (QED) is 0.863. The molecule has 3 rings (SSSR count). The molecule has 1 aromatic rings. The summed E-state index contributed by atoms with van der Waals surface area (Å²) in [5.41, 5.74) is 2.94. The number of nitrogens with zero attached hydrogens (tertiary/aromatic N) is 1.